The lowest BCUT2D eigenvalue weighted by molar-refractivity contribution is 0.0931. The maximum Gasteiger partial charge on any atom is 0.251 e. The Kier molecular flexibility index (Phi) is 5.33. The van der Waals surface area contributed by atoms with Crippen LogP contribution < -0.4 is 10.1 Å². The number of nitrogens with zero attached hydrogens (tertiary/aromatic N) is 1. The Balaban J connectivity index is 1.71. The van der Waals surface area contributed by atoms with Gasteiger partial charge < -0.3 is 14.9 Å². The number of rotatable bonds is 7. The van der Waals surface area contributed by atoms with Crippen LogP contribution in [0, 0.1) is 5.92 Å². The number of oxime groups is 1. The van der Waals surface area contributed by atoms with Crippen molar-refractivity contribution < 1.29 is 14.4 Å². The van der Waals surface area contributed by atoms with Crippen LogP contribution in [0.1, 0.15) is 40.4 Å². The van der Waals surface area contributed by atoms with Crippen molar-refractivity contribution in [3.05, 3.63) is 65.2 Å². The second kappa shape index (κ2) is 7.83. The monoisotopic (exact) mass is 338 g/mol. The Labute approximate surface area is 147 Å². The summed E-state index contributed by atoms with van der Waals surface area (Å²) in [6, 6.07) is 15.2. The normalized spacial score (nSPS) is 15.0. The van der Waals surface area contributed by atoms with Gasteiger partial charge in [-0.3, -0.25) is 4.79 Å². The van der Waals surface area contributed by atoms with Gasteiger partial charge in [-0.25, -0.2) is 0 Å². The van der Waals surface area contributed by atoms with Gasteiger partial charge in [0.25, 0.3) is 5.91 Å². The van der Waals surface area contributed by atoms with Crippen LogP contribution in [0.5, 0.6) is 5.75 Å². The molecule has 1 fully saturated rings. The van der Waals surface area contributed by atoms with Crippen molar-refractivity contribution in [3.8, 4) is 5.75 Å². The van der Waals surface area contributed by atoms with Gasteiger partial charge >= 0.3 is 0 Å². The van der Waals surface area contributed by atoms with E-state index in [0.717, 1.165) is 29.7 Å². The molecule has 1 N–H and O–H groups in total. The molecule has 25 heavy (non-hydrogen) atoms. The van der Waals surface area contributed by atoms with Crippen LogP contribution in [0.4, 0.5) is 0 Å². The van der Waals surface area contributed by atoms with Crippen molar-refractivity contribution in [2.75, 3.05) is 14.2 Å². The number of nitrogens with one attached hydrogen (secondary N) is 1. The van der Waals surface area contributed by atoms with Crippen LogP contribution in [0.15, 0.2) is 53.7 Å². The fraction of sp³-hybridized carbons (Fsp3) is 0.300. The van der Waals surface area contributed by atoms with Gasteiger partial charge in [0.2, 0.25) is 0 Å². The quantitative estimate of drug-likeness (QED) is 0.620. The number of methoxy groups -OCH3 is 1. The van der Waals surface area contributed by atoms with E-state index >= 15 is 0 Å². The first kappa shape index (κ1) is 17.0. The molecule has 0 spiro atoms. The average Bonchev–Trinajstić information content (AvgIpc) is 3.50. The van der Waals surface area contributed by atoms with Crippen molar-refractivity contribution >= 4 is 12.1 Å². The minimum absolute atomic E-state index is 0.0353. The SMILES string of the molecule is CO/N=C/c1ccc(C(=O)NC(c2ccc(OC)cc2)C2CC2)cc1. The van der Waals surface area contributed by atoms with Crippen LogP contribution in [0.2, 0.25) is 0 Å². The Morgan fingerprint density at radius 2 is 1.80 bits per heavy atom. The summed E-state index contributed by atoms with van der Waals surface area (Å²) < 4.78 is 5.21. The van der Waals surface area contributed by atoms with Gasteiger partial charge in [0.15, 0.2) is 0 Å². The molecular weight excluding hydrogens is 316 g/mol. The first-order valence-corrected chi connectivity index (χ1v) is 8.32. The van der Waals surface area contributed by atoms with E-state index in [1.807, 2.05) is 36.4 Å². The van der Waals surface area contributed by atoms with E-state index in [0.29, 0.717) is 11.5 Å². The predicted octanol–water partition coefficient (Wildman–Crippen LogP) is 3.56. The maximum absolute atomic E-state index is 12.6. The summed E-state index contributed by atoms with van der Waals surface area (Å²) in [7, 11) is 3.14. The number of amides is 1. The lowest BCUT2D eigenvalue weighted by Gasteiger charge is -2.19. The van der Waals surface area contributed by atoms with Gasteiger partial charge in [-0.05, 0) is 54.2 Å². The molecule has 2 aromatic carbocycles. The smallest absolute Gasteiger partial charge is 0.251 e. The van der Waals surface area contributed by atoms with Gasteiger partial charge in [0.05, 0.1) is 19.4 Å². The minimum Gasteiger partial charge on any atom is -0.497 e. The first-order chi connectivity index (χ1) is 12.2. The van der Waals surface area contributed by atoms with Crippen molar-refractivity contribution in [1.29, 1.82) is 0 Å². The summed E-state index contributed by atoms with van der Waals surface area (Å²) in [5, 5.41) is 6.89. The number of benzene rings is 2. The highest BCUT2D eigenvalue weighted by Gasteiger charge is 2.33. The van der Waals surface area contributed by atoms with E-state index in [2.05, 4.69) is 15.3 Å². The number of hydrogen-bond donors (Lipinski definition) is 1. The molecule has 0 aromatic heterocycles. The van der Waals surface area contributed by atoms with Gasteiger partial charge in [-0.1, -0.05) is 29.4 Å². The van der Waals surface area contributed by atoms with Crippen LogP contribution in [-0.4, -0.2) is 26.3 Å². The molecule has 1 aliphatic rings. The average molecular weight is 338 g/mol. The van der Waals surface area contributed by atoms with Crippen LogP contribution in [0.25, 0.3) is 0 Å². The zero-order valence-corrected chi connectivity index (χ0v) is 14.4. The van der Waals surface area contributed by atoms with E-state index in [1.54, 1.807) is 25.5 Å². The van der Waals surface area contributed by atoms with E-state index in [1.165, 1.54) is 7.11 Å². The number of carbonyl (C=O) groups excluding carboxylic acids is 1. The molecule has 2 aromatic rings. The van der Waals surface area contributed by atoms with E-state index in [9.17, 15) is 4.79 Å². The Hall–Kier alpha value is -2.82. The van der Waals surface area contributed by atoms with E-state index in [4.69, 9.17) is 4.74 Å². The van der Waals surface area contributed by atoms with Crippen molar-refractivity contribution in [3.63, 3.8) is 0 Å². The van der Waals surface area contributed by atoms with Crippen LogP contribution in [-0.2, 0) is 4.84 Å². The fourth-order valence-electron chi connectivity index (χ4n) is 2.77. The van der Waals surface area contributed by atoms with Crippen molar-refractivity contribution in [2.24, 2.45) is 11.1 Å². The van der Waals surface area contributed by atoms with Crippen LogP contribution in [0.3, 0.4) is 0 Å². The highest BCUT2D eigenvalue weighted by molar-refractivity contribution is 5.95. The summed E-state index contributed by atoms with van der Waals surface area (Å²) >= 11 is 0. The second-order valence-electron chi connectivity index (χ2n) is 6.10. The van der Waals surface area contributed by atoms with E-state index < -0.39 is 0 Å². The number of ether oxygens (including phenoxy) is 1. The summed E-state index contributed by atoms with van der Waals surface area (Å²) in [5.74, 6) is 1.26. The molecule has 1 atom stereocenters. The zero-order chi connectivity index (χ0) is 17.6. The fourth-order valence-corrected chi connectivity index (χ4v) is 2.77. The molecule has 0 saturated heterocycles. The molecule has 0 aliphatic heterocycles. The third-order valence-corrected chi connectivity index (χ3v) is 4.33. The number of carbonyl (C=O) groups is 1. The molecule has 5 heteroatoms. The third kappa shape index (κ3) is 4.38. The first-order valence-electron chi connectivity index (χ1n) is 8.32. The molecule has 1 saturated carbocycles. The maximum atomic E-state index is 12.6. The van der Waals surface area contributed by atoms with Gasteiger partial charge in [0.1, 0.15) is 12.9 Å². The summed E-state index contributed by atoms with van der Waals surface area (Å²) in [5.41, 5.74) is 2.63. The highest BCUT2D eigenvalue weighted by atomic mass is 16.6. The lowest BCUT2D eigenvalue weighted by Crippen LogP contribution is -2.29. The predicted molar refractivity (Wildman–Crippen MR) is 97.0 cm³/mol. The zero-order valence-electron chi connectivity index (χ0n) is 14.4. The second-order valence-corrected chi connectivity index (χ2v) is 6.10. The molecular formula is C20H22N2O3. The van der Waals surface area contributed by atoms with Crippen molar-refractivity contribution in [2.45, 2.75) is 18.9 Å². The molecule has 0 heterocycles. The van der Waals surface area contributed by atoms with Crippen LogP contribution >= 0.6 is 0 Å². The third-order valence-electron chi connectivity index (χ3n) is 4.33. The van der Waals surface area contributed by atoms with Gasteiger partial charge in [0, 0.05) is 5.56 Å². The Bertz CT molecular complexity index is 735. The molecule has 0 radical (unpaired) electrons. The largest absolute Gasteiger partial charge is 0.497 e. The summed E-state index contributed by atoms with van der Waals surface area (Å²) in [4.78, 5) is 17.3. The summed E-state index contributed by atoms with van der Waals surface area (Å²) in [6.45, 7) is 0. The Morgan fingerprint density at radius 1 is 1.12 bits per heavy atom. The van der Waals surface area contributed by atoms with Gasteiger partial charge in [-0.15, -0.1) is 0 Å². The van der Waals surface area contributed by atoms with E-state index in [-0.39, 0.29) is 11.9 Å². The molecule has 5 nitrogen and oxygen atoms in total. The number of hydrogen-bond acceptors (Lipinski definition) is 4. The standard InChI is InChI=1S/C20H22N2O3/c1-24-18-11-9-16(10-12-18)19(15-7-8-15)22-20(23)17-5-3-14(4-6-17)13-21-25-2/h3-6,9-13,15,19H,7-8H2,1-2H3,(H,22,23)/b21-13+. The molecule has 1 aliphatic carbocycles. The lowest BCUT2D eigenvalue weighted by atomic mass is 10.0. The minimum atomic E-state index is -0.0667. The topological polar surface area (TPSA) is 59.9 Å². The molecule has 3 rings (SSSR count). The molecule has 1 amide bonds. The van der Waals surface area contributed by atoms with Crippen molar-refractivity contribution in [1.82, 2.24) is 5.32 Å². The van der Waals surface area contributed by atoms with Gasteiger partial charge in [-0.2, -0.15) is 0 Å². The molecule has 130 valence electrons. The Morgan fingerprint density at radius 3 is 2.36 bits per heavy atom. The molecule has 0 bridgehead atoms. The highest BCUT2D eigenvalue weighted by Crippen LogP contribution is 2.41. The summed E-state index contributed by atoms with van der Waals surface area (Å²) in [6.07, 6.45) is 3.89. The molecule has 1 unspecified atom stereocenters.